The van der Waals surface area contributed by atoms with E-state index in [0.29, 0.717) is 5.56 Å². The maximum absolute atomic E-state index is 14.0. The Hall–Kier alpha value is -1.10. The van der Waals surface area contributed by atoms with Crippen molar-refractivity contribution in [3.8, 4) is 0 Å². The predicted octanol–water partition coefficient (Wildman–Crippen LogP) is 2.94. The minimum absolute atomic E-state index is 0.366. The number of aryl methyl sites for hydroxylation is 1. The van der Waals surface area contributed by atoms with Crippen LogP contribution in [0, 0.1) is 6.92 Å². The topological polar surface area (TPSA) is 12.0 Å². The first-order chi connectivity index (χ1) is 7.31. The molecule has 0 bridgehead atoms. The Kier molecular flexibility index (Phi) is 3.57. The van der Waals surface area contributed by atoms with Gasteiger partial charge in [0.25, 0.3) is 0 Å². The molecule has 1 nitrogen and oxygen atoms in total. The van der Waals surface area contributed by atoms with Gasteiger partial charge < -0.3 is 5.32 Å². The predicted molar refractivity (Wildman–Crippen MR) is 53.9 cm³/mol. The molecule has 1 N–H and O–H groups in total. The lowest BCUT2D eigenvalue weighted by molar-refractivity contribution is -0.233. The fraction of sp³-hybridized carbons (Fsp3) is 0.455. The van der Waals surface area contributed by atoms with E-state index in [4.69, 9.17) is 0 Å². The average Bonchev–Trinajstić information content (AvgIpc) is 2.16. The molecule has 0 aliphatic rings. The molecule has 90 valence electrons. The number of alkyl halides is 4. The third-order valence-corrected chi connectivity index (χ3v) is 2.35. The number of likely N-dealkylation sites (N-methyl/N-ethyl adjacent to an activating group) is 1. The lowest BCUT2D eigenvalue weighted by Gasteiger charge is -2.28. The van der Waals surface area contributed by atoms with E-state index in [2.05, 4.69) is 5.32 Å². The van der Waals surface area contributed by atoms with Crippen molar-refractivity contribution in [1.29, 1.82) is 0 Å². The molecule has 0 saturated heterocycles. The highest BCUT2D eigenvalue weighted by Gasteiger charge is 2.56. The van der Waals surface area contributed by atoms with Crippen LogP contribution in [0.3, 0.4) is 0 Å². The molecule has 0 aliphatic carbocycles. The first-order valence-corrected chi connectivity index (χ1v) is 4.78. The fourth-order valence-electron chi connectivity index (χ4n) is 1.50. The van der Waals surface area contributed by atoms with E-state index in [1.165, 1.54) is 19.2 Å². The minimum Gasteiger partial charge on any atom is -0.316 e. The number of benzene rings is 1. The second-order valence-electron chi connectivity index (χ2n) is 3.70. The summed E-state index contributed by atoms with van der Waals surface area (Å²) in [5.41, 5.74) is -3.11. The molecule has 0 spiro atoms. The molecule has 1 aromatic carbocycles. The van der Waals surface area contributed by atoms with E-state index in [0.717, 1.165) is 6.07 Å². The van der Waals surface area contributed by atoms with E-state index >= 15 is 0 Å². The van der Waals surface area contributed by atoms with Crippen molar-refractivity contribution in [3.05, 3.63) is 35.4 Å². The summed E-state index contributed by atoms with van der Waals surface area (Å²) < 4.78 is 52.1. The molecule has 0 saturated carbocycles. The maximum atomic E-state index is 14.0. The van der Waals surface area contributed by atoms with Gasteiger partial charge in [0.1, 0.15) is 0 Å². The smallest absolute Gasteiger partial charge is 0.316 e. The van der Waals surface area contributed by atoms with Crippen molar-refractivity contribution in [3.63, 3.8) is 0 Å². The molecule has 0 amide bonds. The van der Waals surface area contributed by atoms with E-state index in [-0.39, 0.29) is 5.56 Å². The van der Waals surface area contributed by atoms with Crippen molar-refractivity contribution in [2.24, 2.45) is 0 Å². The summed E-state index contributed by atoms with van der Waals surface area (Å²) in [7, 11) is 1.29. The van der Waals surface area contributed by atoms with Crippen LogP contribution in [0.4, 0.5) is 17.6 Å². The summed E-state index contributed by atoms with van der Waals surface area (Å²) in [5, 5.41) is 2.24. The van der Waals surface area contributed by atoms with Gasteiger partial charge in [-0.25, -0.2) is 4.39 Å². The summed E-state index contributed by atoms with van der Waals surface area (Å²) in [6.07, 6.45) is -4.93. The van der Waals surface area contributed by atoms with Crippen LogP contribution in [-0.4, -0.2) is 19.8 Å². The van der Waals surface area contributed by atoms with Crippen molar-refractivity contribution < 1.29 is 17.6 Å². The lowest BCUT2D eigenvalue weighted by atomic mass is 9.93. The average molecular weight is 235 g/mol. The van der Waals surface area contributed by atoms with Gasteiger partial charge in [0.2, 0.25) is 5.67 Å². The molecule has 5 heteroatoms. The molecule has 0 heterocycles. The molecular formula is C11H13F4N. The second kappa shape index (κ2) is 4.41. The molecule has 1 unspecified atom stereocenters. The van der Waals surface area contributed by atoms with Crippen LogP contribution in [0.25, 0.3) is 0 Å². The van der Waals surface area contributed by atoms with Gasteiger partial charge in [-0.15, -0.1) is 0 Å². The lowest BCUT2D eigenvalue weighted by Crippen LogP contribution is -2.45. The zero-order valence-corrected chi connectivity index (χ0v) is 9.03. The first kappa shape index (κ1) is 13.0. The molecule has 0 fully saturated rings. The van der Waals surface area contributed by atoms with Gasteiger partial charge in [-0.05, 0) is 19.5 Å². The van der Waals surface area contributed by atoms with Crippen molar-refractivity contribution >= 4 is 0 Å². The van der Waals surface area contributed by atoms with E-state index in [9.17, 15) is 17.6 Å². The van der Waals surface area contributed by atoms with Crippen LogP contribution in [0.5, 0.6) is 0 Å². The highest BCUT2D eigenvalue weighted by Crippen LogP contribution is 2.42. The molecule has 16 heavy (non-hydrogen) atoms. The van der Waals surface area contributed by atoms with Crippen LogP contribution in [0.1, 0.15) is 11.1 Å². The monoisotopic (exact) mass is 235 g/mol. The summed E-state index contributed by atoms with van der Waals surface area (Å²) in [5.74, 6) is 0. The Morgan fingerprint density at radius 1 is 1.19 bits per heavy atom. The second-order valence-corrected chi connectivity index (χ2v) is 3.70. The zero-order chi connectivity index (χ0) is 12.4. The highest BCUT2D eigenvalue weighted by atomic mass is 19.4. The quantitative estimate of drug-likeness (QED) is 0.794. The number of rotatable bonds is 3. The van der Waals surface area contributed by atoms with Crippen LogP contribution >= 0.6 is 0 Å². The fourth-order valence-corrected chi connectivity index (χ4v) is 1.50. The van der Waals surface area contributed by atoms with Crippen molar-refractivity contribution in [2.75, 3.05) is 13.6 Å². The Bertz CT molecular complexity index is 361. The molecule has 0 aromatic heterocycles. The Labute approximate surface area is 91.5 Å². The van der Waals surface area contributed by atoms with E-state index in [1.54, 1.807) is 13.0 Å². The first-order valence-electron chi connectivity index (χ1n) is 4.78. The molecule has 0 radical (unpaired) electrons. The van der Waals surface area contributed by atoms with E-state index in [1.807, 2.05) is 0 Å². The number of hydrogen-bond donors (Lipinski definition) is 1. The zero-order valence-electron chi connectivity index (χ0n) is 9.03. The largest absolute Gasteiger partial charge is 0.428 e. The summed E-state index contributed by atoms with van der Waals surface area (Å²) in [6, 6.07) is 5.41. The van der Waals surface area contributed by atoms with Crippen molar-refractivity contribution in [1.82, 2.24) is 5.32 Å². The molecular weight excluding hydrogens is 222 g/mol. The molecule has 1 rings (SSSR count). The van der Waals surface area contributed by atoms with Crippen LogP contribution < -0.4 is 5.32 Å². The maximum Gasteiger partial charge on any atom is 0.428 e. The SMILES string of the molecule is CNCC(F)(c1cccc(C)c1)C(F)(F)F. The number of nitrogens with one attached hydrogen (secondary N) is 1. The Balaban J connectivity index is 3.21. The Morgan fingerprint density at radius 3 is 2.25 bits per heavy atom. The Morgan fingerprint density at radius 2 is 1.81 bits per heavy atom. The molecule has 1 aromatic rings. The van der Waals surface area contributed by atoms with E-state index < -0.39 is 18.4 Å². The normalized spacial score (nSPS) is 15.9. The standard InChI is InChI=1S/C11H13F4N/c1-8-4-3-5-9(6-8)10(12,7-16-2)11(13,14)15/h3-6,16H,7H2,1-2H3. The summed E-state index contributed by atoms with van der Waals surface area (Å²) >= 11 is 0. The van der Waals surface area contributed by atoms with Crippen LogP contribution in [0.2, 0.25) is 0 Å². The third kappa shape index (κ3) is 2.35. The van der Waals surface area contributed by atoms with Gasteiger partial charge in [0.05, 0.1) is 0 Å². The van der Waals surface area contributed by atoms with Gasteiger partial charge in [0, 0.05) is 6.54 Å². The van der Waals surface area contributed by atoms with Gasteiger partial charge in [0.15, 0.2) is 0 Å². The van der Waals surface area contributed by atoms with Gasteiger partial charge >= 0.3 is 6.18 Å². The summed E-state index contributed by atoms with van der Waals surface area (Å²) in [6.45, 7) is 0.833. The number of hydrogen-bond acceptors (Lipinski definition) is 1. The summed E-state index contributed by atoms with van der Waals surface area (Å²) in [4.78, 5) is 0. The molecule has 1 atom stereocenters. The van der Waals surface area contributed by atoms with Crippen LogP contribution in [-0.2, 0) is 5.67 Å². The van der Waals surface area contributed by atoms with Gasteiger partial charge in [-0.3, -0.25) is 0 Å². The van der Waals surface area contributed by atoms with Gasteiger partial charge in [-0.1, -0.05) is 29.8 Å². The third-order valence-electron chi connectivity index (χ3n) is 2.35. The van der Waals surface area contributed by atoms with Gasteiger partial charge in [-0.2, -0.15) is 13.2 Å². The minimum atomic E-state index is -4.93. The highest BCUT2D eigenvalue weighted by molar-refractivity contribution is 5.29. The molecule has 0 aliphatic heterocycles. The van der Waals surface area contributed by atoms with Crippen LogP contribution in [0.15, 0.2) is 24.3 Å². The number of halogens is 4. The van der Waals surface area contributed by atoms with Crippen molar-refractivity contribution in [2.45, 2.75) is 18.8 Å².